The van der Waals surface area contributed by atoms with E-state index in [1.165, 1.54) is 24.3 Å². The van der Waals surface area contributed by atoms with E-state index >= 15 is 0 Å². The molecule has 0 unspecified atom stereocenters. The molecule has 2 heterocycles. The number of imidazole rings is 1. The minimum absolute atomic E-state index is 0.737. The number of aromatic amines is 1. The normalized spacial score (nSPS) is 17.4. The average Bonchev–Trinajstić information content (AvgIpc) is 2.73. The topological polar surface area (TPSA) is 54.7 Å². The number of rotatable bonds is 2. The Morgan fingerprint density at radius 2 is 2.17 bits per heavy atom. The Hall–Kier alpha value is -0.680. The molecule has 1 aliphatic heterocycles. The summed E-state index contributed by atoms with van der Waals surface area (Å²) in [7, 11) is 0. The number of thioether (sulfide) groups is 1. The van der Waals surface area contributed by atoms with Crippen molar-refractivity contribution in [1.29, 1.82) is 0 Å². The smallest absolute Gasteiger partial charge is 0.112 e. The summed E-state index contributed by atoms with van der Waals surface area (Å²) < 4.78 is 0.997. The molecule has 3 nitrogen and oxygen atoms in total. The number of H-pyrrole nitrogens is 1. The Morgan fingerprint density at radius 1 is 1.39 bits per heavy atom. The second-order valence-corrected chi connectivity index (χ2v) is 6.97. The molecule has 96 valence electrons. The molecule has 0 saturated carbocycles. The van der Waals surface area contributed by atoms with E-state index in [4.69, 9.17) is 5.73 Å². The second-order valence-electron chi connectivity index (χ2n) is 4.83. The maximum Gasteiger partial charge on any atom is 0.112 e. The summed E-state index contributed by atoms with van der Waals surface area (Å²) in [6, 6.07) is 3.95. The lowest BCUT2D eigenvalue weighted by Crippen LogP contribution is -2.12. The molecule has 3 rings (SSSR count). The highest BCUT2D eigenvalue weighted by molar-refractivity contribution is 9.10. The largest absolute Gasteiger partial charge is 0.397 e. The van der Waals surface area contributed by atoms with Crippen molar-refractivity contribution in [2.75, 3.05) is 17.2 Å². The summed E-state index contributed by atoms with van der Waals surface area (Å²) >= 11 is 5.52. The number of anilines is 1. The highest BCUT2D eigenvalue weighted by Gasteiger charge is 2.16. The summed E-state index contributed by atoms with van der Waals surface area (Å²) in [4.78, 5) is 8.04. The lowest BCUT2D eigenvalue weighted by atomic mass is 9.99. The molecular formula is C13H16BrN3S. The van der Waals surface area contributed by atoms with Crippen molar-refractivity contribution >= 4 is 44.4 Å². The van der Waals surface area contributed by atoms with Gasteiger partial charge in [-0.15, -0.1) is 0 Å². The highest BCUT2D eigenvalue weighted by atomic mass is 79.9. The molecule has 1 aliphatic rings. The lowest BCUT2D eigenvalue weighted by molar-refractivity contribution is 0.478. The number of halogens is 1. The van der Waals surface area contributed by atoms with Crippen LogP contribution in [0, 0.1) is 5.92 Å². The van der Waals surface area contributed by atoms with E-state index in [2.05, 4.69) is 37.7 Å². The van der Waals surface area contributed by atoms with Crippen molar-refractivity contribution in [2.24, 2.45) is 5.92 Å². The molecule has 0 atom stereocenters. The quantitative estimate of drug-likeness (QED) is 0.829. The first-order valence-electron chi connectivity index (χ1n) is 6.24. The van der Waals surface area contributed by atoms with E-state index in [-0.39, 0.29) is 0 Å². The number of nitrogens with two attached hydrogens (primary N) is 1. The first kappa shape index (κ1) is 12.4. The molecule has 1 fully saturated rings. The van der Waals surface area contributed by atoms with Crippen LogP contribution in [0.4, 0.5) is 5.69 Å². The van der Waals surface area contributed by atoms with Gasteiger partial charge in [-0.25, -0.2) is 4.98 Å². The van der Waals surface area contributed by atoms with E-state index in [0.29, 0.717) is 0 Å². The molecule has 18 heavy (non-hydrogen) atoms. The summed E-state index contributed by atoms with van der Waals surface area (Å²) in [5.41, 5.74) is 8.66. The zero-order valence-electron chi connectivity index (χ0n) is 10.1. The lowest BCUT2D eigenvalue weighted by Gasteiger charge is -2.19. The van der Waals surface area contributed by atoms with Gasteiger partial charge < -0.3 is 10.7 Å². The van der Waals surface area contributed by atoms with Gasteiger partial charge in [-0.1, -0.05) is 15.9 Å². The van der Waals surface area contributed by atoms with Crippen LogP contribution in [-0.2, 0) is 6.42 Å². The third-order valence-electron chi connectivity index (χ3n) is 3.45. The zero-order chi connectivity index (χ0) is 12.5. The molecule has 0 aliphatic carbocycles. The molecular weight excluding hydrogens is 310 g/mol. The van der Waals surface area contributed by atoms with Crippen LogP contribution in [0.15, 0.2) is 16.6 Å². The summed E-state index contributed by atoms with van der Waals surface area (Å²) in [6.07, 6.45) is 3.66. The van der Waals surface area contributed by atoms with Gasteiger partial charge in [-0.05, 0) is 42.4 Å². The summed E-state index contributed by atoms with van der Waals surface area (Å²) in [5, 5.41) is 0. The fourth-order valence-electron chi connectivity index (χ4n) is 2.48. The van der Waals surface area contributed by atoms with Crippen molar-refractivity contribution in [3.05, 3.63) is 22.4 Å². The molecule has 0 spiro atoms. The summed E-state index contributed by atoms with van der Waals surface area (Å²) in [5.74, 6) is 4.43. The van der Waals surface area contributed by atoms with Crippen LogP contribution in [0.5, 0.6) is 0 Å². The fraction of sp³-hybridized carbons (Fsp3) is 0.462. The number of benzene rings is 1. The van der Waals surface area contributed by atoms with Crippen LogP contribution in [0.25, 0.3) is 11.0 Å². The predicted octanol–water partition coefficient (Wildman–Crippen LogP) is 3.59. The van der Waals surface area contributed by atoms with Gasteiger partial charge in [0, 0.05) is 10.9 Å². The minimum Gasteiger partial charge on any atom is -0.397 e. The van der Waals surface area contributed by atoms with Gasteiger partial charge in [0.1, 0.15) is 11.3 Å². The third-order valence-corrected chi connectivity index (χ3v) is 4.96. The molecule has 0 radical (unpaired) electrons. The second kappa shape index (κ2) is 5.13. The van der Waals surface area contributed by atoms with Gasteiger partial charge in [0.05, 0.1) is 11.2 Å². The Kier molecular flexibility index (Phi) is 3.52. The molecule has 1 aromatic heterocycles. The minimum atomic E-state index is 0.737. The molecule has 1 aromatic carbocycles. The Labute approximate surface area is 119 Å². The van der Waals surface area contributed by atoms with Gasteiger partial charge in [0.15, 0.2) is 0 Å². The van der Waals surface area contributed by atoms with E-state index in [0.717, 1.165) is 39.4 Å². The number of nitrogen functional groups attached to an aromatic ring is 1. The van der Waals surface area contributed by atoms with E-state index in [1.807, 2.05) is 12.1 Å². The van der Waals surface area contributed by atoms with Crippen molar-refractivity contribution in [3.8, 4) is 0 Å². The molecule has 3 N–H and O–H groups in total. The highest BCUT2D eigenvalue weighted by Crippen LogP contribution is 2.28. The van der Waals surface area contributed by atoms with E-state index in [1.54, 1.807) is 0 Å². The number of fused-ring (bicyclic) bond motifs is 1. The van der Waals surface area contributed by atoms with Gasteiger partial charge in [-0.2, -0.15) is 11.8 Å². The van der Waals surface area contributed by atoms with Crippen molar-refractivity contribution in [2.45, 2.75) is 19.3 Å². The van der Waals surface area contributed by atoms with Crippen molar-refractivity contribution in [3.63, 3.8) is 0 Å². The predicted molar refractivity (Wildman–Crippen MR) is 82.0 cm³/mol. The summed E-state index contributed by atoms with van der Waals surface area (Å²) in [6.45, 7) is 0. The number of nitrogens with zero attached hydrogens (tertiary/aromatic N) is 1. The first-order chi connectivity index (χ1) is 8.72. The zero-order valence-corrected chi connectivity index (χ0v) is 12.5. The Balaban J connectivity index is 1.86. The van der Waals surface area contributed by atoms with Crippen molar-refractivity contribution < 1.29 is 0 Å². The van der Waals surface area contributed by atoms with Crippen LogP contribution < -0.4 is 5.73 Å². The van der Waals surface area contributed by atoms with E-state index < -0.39 is 0 Å². The van der Waals surface area contributed by atoms with Gasteiger partial charge in [0.25, 0.3) is 0 Å². The van der Waals surface area contributed by atoms with Crippen LogP contribution in [0.1, 0.15) is 18.7 Å². The molecule has 5 heteroatoms. The van der Waals surface area contributed by atoms with Crippen molar-refractivity contribution in [1.82, 2.24) is 9.97 Å². The number of nitrogens with one attached hydrogen (secondary N) is 1. The first-order valence-corrected chi connectivity index (χ1v) is 8.18. The SMILES string of the molecule is Nc1cc(Br)cc2[nH]c(CC3CCSCC3)nc12. The molecule has 0 amide bonds. The third kappa shape index (κ3) is 2.52. The number of aromatic nitrogens is 2. The number of hydrogen-bond donors (Lipinski definition) is 2. The number of hydrogen-bond acceptors (Lipinski definition) is 3. The maximum absolute atomic E-state index is 5.99. The van der Waals surface area contributed by atoms with Gasteiger partial charge >= 0.3 is 0 Å². The standard InChI is InChI=1S/C13H16BrN3S/c14-9-6-10(15)13-11(7-9)16-12(17-13)5-8-1-3-18-4-2-8/h6-8H,1-5,15H2,(H,16,17). The van der Waals surface area contributed by atoms with Crippen LogP contribution in [0.3, 0.4) is 0 Å². The molecule has 1 saturated heterocycles. The van der Waals surface area contributed by atoms with E-state index in [9.17, 15) is 0 Å². The van der Waals surface area contributed by atoms with Crippen LogP contribution in [-0.4, -0.2) is 21.5 Å². The van der Waals surface area contributed by atoms with Gasteiger partial charge in [0.2, 0.25) is 0 Å². The Morgan fingerprint density at radius 3 is 2.94 bits per heavy atom. The van der Waals surface area contributed by atoms with Gasteiger partial charge in [-0.3, -0.25) is 0 Å². The molecule has 2 aromatic rings. The monoisotopic (exact) mass is 325 g/mol. The van der Waals surface area contributed by atoms with Crippen LogP contribution in [0.2, 0.25) is 0 Å². The Bertz CT molecular complexity index is 561. The maximum atomic E-state index is 5.99. The fourth-order valence-corrected chi connectivity index (χ4v) is 4.16. The van der Waals surface area contributed by atoms with Crippen LogP contribution >= 0.6 is 27.7 Å². The molecule has 0 bridgehead atoms. The average molecular weight is 326 g/mol.